The van der Waals surface area contributed by atoms with Crippen molar-refractivity contribution in [3.05, 3.63) is 81.9 Å². The van der Waals surface area contributed by atoms with E-state index in [1.165, 1.54) is 7.11 Å². The maximum absolute atomic E-state index is 12.2. The second-order valence-corrected chi connectivity index (χ2v) is 10.6. The number of nitrogens with one attached hydrogen (secondary N) is 3. The van der Waals surface area contributed by atoms with Crippen molar-refractivity contribution in [3.8, 4) is 11.4 Å². The van der Waals surface area contributed by atoms with Gasteiger partial charge >= 0.3 is 0 Å². The Morgan fingerprint density at radius 2 is 1.71 bits per heavy atom. The normalized spacial score (nSPS) is 10.2. The first-order chi connectivity index (χ1) is 23.2. The summed E-state index contributed by atoms with van der Waals surface area (Å²) in [6, 6.07) is 16.4. The molecule has 2 aromatic heterocycles. The van der Waals surface area contributed by atoms with Crippen molar-refractivity contribution in [1.82, 2.24) is 41.2 Å². The third kappa shape index (κ3) is 10.7. The molecule has 2 heterocycles. The molecule has 0 unspecified atom stereocenters. The smallest absolute Gasteiger partial charge is 0.292 e. The number of rotatable bonds is 12. The number of fused-ring (bicyclic) bond motifs is 1. The van der Waals surface area contributed by atoms with Gasteiger partial charge in [-0.05, 0) is 92.0 Å². The molecule has 48 heavy (non-hydrogen) atoms. The van der Waals surface area contributed by atoms with E-state index in [1.807, 2.05) is 43.4 Å². The predicted molar refractivity (Wildman–Crippen MR) is 185 cm³/mol. The molecule has 0 aliphatic heterocycles. The van der Waals surface area contributed by atoms with Crippen LogP contribution >= 0.6 is 11.6 Å². The Balaban J connectivity index is 0.000000286. The molecule has 0 saturated heterocycles. The molecule has 5 rings (SSSR count). The van der Waals surface area contributed by atoms with Crippen LogP contribution in [0.3, 0.4) is 0 Å². The highest BCUT2D eigenvalue weighted by Crippen LogP contribution is 2.31. The number of nitrogens with zero attached hydrogens (tertiary/aromatic N) is 5. The Bertz CT molecular complexity index is 1790. The lowest BCUT2D eigenvalue weighted by molar-refractivity contribution is -0.126. The molecule has 15 nitrogen and oxygen atoms in total. The fourth-order valence-electron chi connectivity index (χ4n) is 4.45. The maximum Gasteiger partial charge on any atom is 0.292 e. The number of benzene rings is 3. The van der Waals surface area contributed by atoms with Crippen molar-refractivity contribution < 1.29 is 19.1 Å². The molecule has 0 aliphatic rings. The first-order valence-corrected chi connectivity index (χ1v) is 15.2. The van der Waals surface area contributed by atoms with Gasteiger partial charge in [0.2, 0.25) is 11.8 Å². The second kappa shape index (κ2) is 19.1. The number of tetrazole rings is 1. The van der Waals surface area contributed by atoms with E-state index in [9.17, 15) is 9.59 Å². The van der Waals surface area contributed by atoms with Crippen molar-refractivity contribution in [2.75, 3.05) is 44.4 Å². The number of halogens is 1. The molecule has 9 N–H and O–H groups in total. The summed E-state index contributed by atoms with van der Waals surface area (Å²) in [6.07, 6.45) is 4.24. The Kier molecular flexibility index (Phi) is 14.6. The zero-order valence-electron chi connectivity index (χ0n) is 26.6. The van der Waals surface area contributed by atoms with Crippen LogP contribution in [0.1, 0.15) is 44.7 Å². The van der Waals surface area contributed by atoms with Gasteiger partial charge in [0.1, 0.15) is 5.82 Å². The minimum absolute atomic E-state index is 0.0432. The van der Waals surface area contributed by atoms with Crippen LogP contribution in [0.15, 0.2) is 54.6 Å². The summed E-state index contributed by atoms with van der Waals surface area (Å²) in [4.78, 5) is 40.1. The molecule has 0 aliphatic carbocycles. The highest BCUT2D eigenvalue weighted by atomic mass is 35.5. The molecule has 0 fully saturated rings. The standard InChI is InChI=1S/C22H27ClN6O.C8H7N5O.C2H4O2/c1-26-12-2-3-13-27-21(30)16-8-5-14(6-9-16)4-7-15-10-11-17-18(19(15)23)20(24)29-22(25)28-17;9-6-2-1-5(4-14)7(3-6)8-10-12-13-11-8;1-4-2-3/h5-6,8-11,26H,2-4,7,12-13H2,1H3,(H,27,30)(H4,24,25,28,29);1-4H,9H2,(H,10,11,12,13);2H,1H3. The Morgan fingerprint density at radius 3 is 2.35 bits per heavy atom. The van der Waals surface area contributed by atoms with Gasteiger partial charge in [-0.3, -0.25) is 14.4 Å². The average Bonchev–Trinajstić information content (AvgIpc) is 3.63. The quantitative estimate of drug-likeness (QED) is 0.0633. The number of aryl methyl sites for hydroxylation is 2. The van der Waals surface area contributed by atoms with Gasteiger partial charge in [0.05, 0.1) is 23.0 Å². The van der Waals surface area contributed by atoms with Crippen molar-refractivity contribution in [2.24, 2.45) is 0 Å². The Morgan fingerprint density at radius 1 is 0.979 bits per heavy atom. The van der Waals surface area contributed by atoms with Gasteiger partial charge in [-0.25, -0.2) is 4.98 Å². The average molecular weight is 676 g/mol. The molecule has 0 radical (unpaired) electrons. The first kappa shape index (κ1) is 36.8. The van der Waals surface area contributed by atoms with Crippen LogP contribution in [-0.2, 0) is 22.4 Å². The number of amides is 1. The number of unbranched alkanes of at least 4 members (excludes halogenated alkanes) is 1. The summed E-state index contributed by atoms with van der Waals surface area (Å²) in [6.45, 7) is 2.01. The van der Waals surface area contributed by atoms with E-state index in [0.717, 1.165) is 49.6 Å². The molecule has 3 aromatic carbocycles. The van der Waals surface area contributed by atoms with E-state index in [1.54, 1.807) is 18.2 Å². The van der Waals surface area contributed by atoms with Crippen molar-refractivity contribution in [2.45, 2.75) is 25.7 Å². The molecule has 0 saturated carbocycles. The SMILES string of the molecule is CNCCCCNC(=O)c1ccc(CCc2ccc3nc(N)nc(N)c3c2Cl)cc1.COC=O.Nc1ccc(C=O)c(-c2nn[nH]n2)c1. The molecule has 0 bridgehead atoms. The number of ether oxygens (including phenoxy) is 1. The van der Waals surface area contributed by atoms with Crippen LogP contribution in [-0.4, -0.2) is 76.5 Å². The van der Waals surface area contributed by atoms with Crippen LogP contribution < -0.4 is 27.8 Å². The molecule has 0 atom stereocenters. The Hall–Kier alpha value is -5.67. The monoisotopic (exact) mass is 675 g/mol. The number of nitrogen functional groups attached to an aromatic ring is 3. The number of carbonyl (C=O) groups is 3. The van der Waals surface area contributed by atoms with Gasteiger partial charge in [-0.15, -0.1) is 10.2 Å². The van der Waals surface area contributed by atoms with E-state index in [4.69, 9.17) is 33.6 Å². The highest BCUT2D eigenvalue weighted by molar-refractivity contribution is 6.37. The highest BCUT2D eigenvalue weighted by Gasteiger charge is 2.12. The minimum atomic E-state index is -0.0432. The van der Waals surface area contributed by atoms with Gasteiger partial charge in [0, 0.05) is 28.9 Å². The number of carbonyl (C=O) groups excluding carboxylic acids is 3. The summed E-state index contributed by atoms with van der Waals surface area (Å²) in [7, 11) is 3.24. The molecule has 5 aromatic rings. The van der Waals surface area contributed by atoms with Crippen LogP contribution in [0.4, 0.5) is 17.5 Å². The fourth-order valence-corrected chi connectivity index (χ4v) is 4.80. The van der Waals surface area contributed by atoms with Crippen molar-refractivity contribution in [1.29, 1.82) is 0 Å². The topological polar surface area (TPSA) is 243 Å². The molecule has 1 amide bonds. The van der Waals surface area contributed by atoms with E-state index in [2.05, 4.69) is 46.0 Å². The van der Waals surface area contributed by atoms with Gasteiger partial charge in [-0.2, -0.15) is 10.2 Å². The van der Waals surface area contributed by atoms with E-state index in [-0.39, 0.29) is 17.7 Å². The van der Waals surface area contributed by atoms with E-state index in [0.29, 0.717) is 57.1 Å². The van der Waals surface area contributed by atoms with E-state index < -0.39 is 0 Å². The zero-order valence-corrected chi connectivity index (χ0v) is 27.3. The number of hydrogen-bond acceptors (Lipinski definition) is 13. The molecule has 252 valence electrons. The van der Waals surface area contributed by atoms with E-state index >= 15 is 0 Å². The summed E-state index contributed by atoms with van der Waals surface area (Å²) in [5.74, 6) is 0.731. The number of aromatic amines is 1. The molecule has 16 heteroatoms. The predicted octanol–water partition coefficient (Wildman–Crippen LogP) is 3.01. The van der Waals surface area contributed by atoms with Crippen LogP contribution in [0.5, 0.6) is 0 Å². The van der Waals surface area contributed by atoms with Gasteiger partial charge in [0.25, 0.3) is 12.4 Å². The summed E-state index contributed by atoms with van der Waals surface area (Å²) in [5.41, 5.74) is 22.2. The second-order valence-electron chi connectivity index (χ2n) is 10.2. The summed E-state index contributed by atoms with van der Waals surface area (Å²) in [5, 5.41) is 20.5. The summed E-state index contributed by atoms with van der Waals surface area (Å²) < 4.78 is 3.86. The number of aromatic nitrogens is 6. The van der Waals surface area contributed by atoms with Crippen LogP contribution in [0, 0.1) is 0 Å². The van der Waals surface area contributed by atoms with Crippen molar-refractivity contribution in [3.63, 3.8) is 0 Å². The number of H-pyrrole nitrogens is 1. The third-order valence-corrected chi connectivity index (χ3v) is 7.28. The lowest BCUT2D eigenvalue weighted by Crippen LogP contribution is -2.25. The number of hydrogen-bond donors (Lipinski definition) is 6. The number of methoxy groups -OCH3 is 1. The Labute approximate surface area is 282 Å². The van der Waals surface area contributed by atoms with Crippen LogP contribution in [0.2, 0.25) is 5.02 Å². The fraction of sp³-hybridized carbons (Fsp3) is 0.250. The number of anilines is 3. The van der Waals surface area contributed by atoms with Gasteiger partial charge in [-0.1, -0.05) is 29.8 Å². The number of aldehydes is 1. The lowest BCUT2D eigenvalue weighted by Gasteiger charge is -2.10. The molecule has 0 spiro atoms. The minimum Gasteiger partial charge on any atom is -0.471 e. The molecular formula is C32H38ClN11O4. The van der Waals surface area contributed by atoms with Gasteiger partial charge in [0.15, 0.2) is 6.29 Å². The summed E-state index contributed by atoms with van der Waals surface area (Å²) >= 11 is 6.55. The maximum atomic E-state index is 12.2. The third-order valence-electron chi connectivity index (χ3n) is 6.85. The van der Waals surface area contributed by atoms with Crippen LogP contribution in [0.25, 0.3) is 22.3 Å². The van der Waals surface area contributed by atoms with Gasteiger partial charge < -0.3 is 32.6 Å². The lowest BCUT2D eigenvalue weighted by atomic mass is 10.0. The van der Waals surface area contributed by atoms with Crippen molar-refractivity contribution >= 4 is 58.6 Å². The molecular weight excluding hydrogens is 638 g/mol. The first-order valence-electron chi connectivity index (χ1n) is 14.8. The zero-order chi connectivity index (χ0) is 34.9. The number of nitrogens with two attached hydrogens (primary N) is 3. The largest absolute Gasteiger partial charge is 0.471 e.